The number of fused-ring (bicyclic) bond motifs is 3. The van der Waals surface area contributed by atoms with E-state index in [9.17, 15) is 4.79 Å². The number of benzene rings is 1. The van der Waals surface area contributed by atoms with Gasteiger partial charge in [-0.3, -0.25) is 14.4 Å². The molecule has 7 heteroatoms. The van der Waals surface area contributed by atoms with Crippen LogP contribution in [0.2, 0.25) is 0 Å². The van der Waals surface area contributed by atoms with Gasteiger partial charge in [-0.05, 0) is 51.3 Å². The Labute approximate surface area is 166 Å². The number of nitrogens with zero attached hydrogens (tertiary/aromatic N) is 4. The summed E-state index contributed by atoms with van der Waals surface area (Å²) in [6.45, 7) is 7.19. The van der Waals surface area contributed by atoms with Gasteiger partial charge in [0, 0.05) is 18.6 Å². The molecule has 2 aromatic rings. The highest BCUT2D eigenvalue weighted by molar-refractivity contribution is 5.79. The van der Waals surface area contributed by atoms with Gasteiger partial charge >= 0.3 is 0 Å². The molecule has 4 atom stereocenters. The van der Waals surface area contributed by atoms with Crippen molar-refractivity contribution < 1.29 is 9.53 Å². The molecule has 3 saturated heterocycles. The predicted molar refractivity (Wildman–Crippen MR) is 106 cm³/mol. The molecular weight excluding hydrogens is 354 g/mol. The first-order valence-corrected chi connectivity index (χ1v) is 10.2. The average Bonchev–Trinajstić information content (AvgIpc) is 3.14. The molecule has 0 spiro atoms. The molecule has 3 aliphatic heterocycles. The molecule has 2 bridgehead atoms. The van der Waals surface area contributed by atoms with E-state index in [1.165, 1.54) is 0 Å². The number of carbonyl (C=O) groups excluding carboxylic acids is 1. The van der Waals surface area contributed by atoms with E-state index in [1.54, 1.807) is 0 Å². The summed E-state index contributed by atoms with van der Waals surface area (Å²) < 4.78 is 7.66. The van der Waals surface area contributed by atoms with Gasteiger partial charge in [0.1, 0.15) is 18.1 Å². The van der Waals surface area contributed by atoms with Crippen LogP contribution in [-0.2, 0) is 17.9 Å². The van der Waals surface area contributed by atoms with Gasteiger partial charge in [0.25, 0.3) is 0 Å². The Hall–Kier alpha value is -2.41. The summed E-state index contributed by atoms with van der Waals surface area (Å²) in [6.07, 6.45) is 4.13. The number of aromatic nitrogens is 3. The molecule has 4 heterocycles. The van der Waals surface area contributed by atoms with Crippen molar-refractivity contribution in [1.82, 2.24) is 25.2 Å². The maximum absolute atomic E-state index is 12.5. The molecule has 1 N–H and O–H groups in total. The second-order valence-electron chi connectivity index (χ2n) is 8.24. The lowest BCUT2D eigenvalue weighted by molar-refractivity contribution is -0.133. The summed E-state index contributed by atoms with van der Waals surface area (Å²) in [6, 6.07) is 10.4. The lowest BCUT2D eigenvalue weighted by atomic mass is 9.75. The number of nitrogens with one attached hydrogen (secondary N) is 1. The number of para-hydroxylation sites is 1. The Morgan fingerprint density at radius 1 is 1.32 bits per heavy atom. The summed E-state index contributed by atoms with van der Waals surface area (Å²) in [4.78, 5) is 14.9. The molecule has 150 valence electrons. The third-order valence-corrected chi connectivity index (χ3v) is 5.76. The van der Waals surface area contributed by atoms with E-state index in [1.807, 2.05) is 55.1 Å². The van der Waals surface area contributed by atoms with Gasteiger partial charge < -0.3 is 10.1 Å². The Morgan fingerprint density at radius 3 is 2.86 bits per heavy atom. The van der Waals surface area contributed by atoms with Crippen LogP contribution in [0.25, 0.3) is 0 Å². The highest BCUT2D eigenvalue weighted by Gasteiger charge is 2.43. The number of carbonyl (C=O) groups is 1. The van der Waals surface area contributed by atoms with Crippen LogP contribution in [0.1, 0.15) is 32.4 Å². The van der Waals surface area contributed by atoms with Gasteiger partial charge in [0.15, 0.2) is 0 Å². The molecule has 1 unspecified atom stereocenters. The fourth-order valence-electron chi connectivity index (χ4n) is 4.40. The third-order valence-electron chi connectivity index (χ3n) is 5.76. The lowest BCUT2D eigenvalue weighted by Crippen LogP contribution is -2.58. The zero-order valence-electron chi connectivity index (χ0n) is 16.6. The number of hydrogen-bond donors (Lipinski definition) is 1. The highest BCUT2D eigenvalue weighted by atomic mass is 16.5. The second-order valence-corrected chi connectivity index (χ2v) is 8.24. The van der Waals surface area contributed by atoms with Crippen molar-refractivity contribution in [2.24, 2.45) is 11.8 Å². The highest BCUT2D eigenvalue weighted by Crippen LogP contribution is 2.37. The molecule has 1 aromatic heterocycles. The van der Waals surface area contributed by atoms with Crippen LogP contribution in [0.3, 0.4) is 0 Å². The molecule has 7 nitrogen and oxygen atoms in total. The van der Waals surface area contributed by atoms with E-state index in [0.29, 0.717) is 18.6 Å². The molecule has 0 radical (unpaired) electrons. The number of piperidine rings is 3. The molecule has 1 amide bonds. The molecule has 28 heavy (non-hydrogen) atoms. The normalized spacial score (nSPS) is 26.4. The van der Waals surface area contributed by atoms with Crippen LogP contribution in [0.15, 0.2) is 36.5 Å². The summed E-state index contributed by atoms with van der Waals surface area (Å²) >= 11 is 0. The summed E-state index contributed by atoms with van der Waals surface area (Å²) in [5.41, 5.74) is 0.828. The van der Waals surface area contributed by atoms with E-state index in [-0.39, 0.29) is 17.9 Å². The predicted octanol–water partition coefficient (Wildman–Crippen LogP) is 2.09. The van der Waals surface area contributed by atoms with Gasteiger partial charge in [0.2, 0.25) is 5.91 Å². The monoisotopic (exact) mass is 383 g/mol. The largest absolute Gasteiger partial charge is 0.487 e. The fourth-order valence-corrected chi connectivity index (χ4v) is 4.40. The Kier molecular flexibility index (Phi) is 5.62. The molecule has 0 aliphatic carbocycles. The molecule has 3 aliphatic rings. The first-order valence-electron chi connectivity index (χ1n) is 10.2. The molecule has 1 aromatic carbocycles. The SMILES string of the molecule is CC(C)NC(=O)[C@@H]1CN2CC[C@H]1C[C@@H]2Cn1cc(COc2ccccc2)nn1. The van der Waals surface area contributed by atoms with Gasteiger partial charge in [-0.1, -0.05) is 23.4 Å². The van der Waals surface area contributed by atoms with Crippen molar-refractivity contribution in [3.63, 3.8) is 0 Å². The lowest BCUT2D eigenvalue weighted by Gasteiger charge is -2.49. The van der Waals surface area contributed by atoms with Crippen LogP contribution in [0.4, 0.5) is 0 Å². The zero-order valence-corrected chi connectivity index (χ0v) is 16.6. The molecule has 3 fully saturated rings. The fraction of sp³-hybridized carbons (Fsp3) is 0.571. The smallest absolute Gasteiger partial charge is 0.224 e. The van der Waals surface area contributed by atoms with E-state index >= 15 is 0 Å². The summed E-state index contributed by atoms with van der Waals surface area (Å²) in [5.74, 6) is 1.64. The maximum atomic E-state index is 12.5. The molecule has 0 saturated carbocycles. The van der Waals surface area contributed by atoms with E-state index in [4.69, 9.17) is 4.74 Å². The van der Waals surface area contributed by atoms with Crippen molar-refractivity contribution in [1.29, 1.82) is 0 Å². The first kappa shape index (κ1) is 18.9. The molecule has 5 rings (SSSR count). The van der Waals surface area contributed by atoms with E-state index in [2.05, 4.69) is 20.5 Å². The number of amides is 1. The third kappa shape index (κ3) is 4.35. The van der Waals surface area contributed by atoms with Crippen LogP contribution < -0.4 is 10.1 Å². The minimum absolute atomic E-state index is 0.123. The van der Waals surface area contributed by atoms with Crippen molar-refractivity contribution in [3.8, 4) is 5.75 Å². The Morgan fingerprint density at radius 2 is 2.14 bits per heavy atom. The van der Waals surface area contributed by atoms with Crippen LogP contribution >= 0.6 is 0 Å². The second kappa shape index (κ2) is 8.31. The maximum Gasteiger partial charge on any atom is 0.224 e. The van der Waals surface area contributed by atoms with E-state index in [0.717, 1.165) is 43.9 Å². The average molecular weight is 383 g/mol. The van der Waals surface area contributed by atoms with Gasteiger partial charge in [-0.25, -0.2) is 0 Å². The first-order chi connectivity index (χ1) is 13.6. The van der Waals surface area contributed by atoms with Crippen LogP contribution in [0, 0.1) is 11.8 Å². The minimum atomic E-state index is 0.123. The zero-order chi connectivity index (χ0) is 19.5. The van der Waals surface area contributed by atoms with Crippen molar-refractivity contribution >= 4 is 5.91 Å². The Balaban J connectivity index is 1.31. The number of ether oxygens (including phenoxy) is 1. The van der Waals surface area contributed by atoms with Crippen molar-refractivity contribution in [3.05, 3.63) is 42.2 Å². The van der Waals surface area contributed by atoms with Gasteiger partial charge in [0.05, 0.1) is 18.7 Å². The summed E-state index contributed by atoms with van der Waals surface area (Å²) in [7, 11) is 0. The van der Waals surface area contributed by atoms with Crippen LogP contribution in [-0.4, -0.2) is 51.0 Å². The van der Waals surface area contributed by atoms with Crippen molar-refractivity contribution in [2.45, 2.75) is 51.9 Å². The summed E-state index contributed by atoms with van der Waals surface area (Å²) in [5, 5.41) is 11.6. The van der Waals surface area contributed by atoms with Gasteiger partial charge in [-0.2, -0.15) is 0 Å². The Bertz CT molecular complexity index is 791. The van der Waals surface area contributed by atoms with Crippen molar-refractivity contribution in [2.75, 3.05) is 13.1 Å². The van der Waals surface area contributed by atoms with Gasteiger partial charge in [-0.15, -0.1) is 5.10 Å². The number of hydrogen-bond acceptors (Lipinski definition) is 5. The quantitative estimate of drug-likeness (QED) is 0.793. The van der Waals surface area contributed by atoms with E-state index < -0.39 is 0 Å². The van der Waals surface area contributed by atoms with Crippen LogP contribution in [0.5, 0.6) is 5.75 Å². The topological polar surface area (TPSA) is 72.3 Å². The number of rotatable bonds is 7. The minimum Gasteiger partial charge on any atom is -0.487 e. The standard InChI is InChI=1S/C21H29N5O2/c1-15(2)22-21(27)20-13-25-9-8-16(20)10-18(25)12-26-11-17(23-24-26)14-28-19-6-4-3-5-7-19/h3-7,11,15-16,18,20H,8-10,12-14H2,1-2H3,(H,22,27)/t16-,18+,20+/m0/s1. The molecular formula is C21H29N5O2.